The molecule has 2 rings (SSSR count). The highest BCUT2D eigenvalue weighted by Crippen LogP contribution is 2.38. The first kappa shape index (κ1) is 10.1. The lowest BCUT2D eigenvalue weighted by Crippen LogP contribution is -2.24. The van der Waals surface area contributed by atoms with Crippen LogP contribution in [0.2, 0.25) is 0 Å². The highest BCUT2D eigenvalue weighted by Gasteiger charge is 2.37. The summed E-state index contributed by atoms with van der Waals surface area (Å²) >= 11 is 3.44. The molecule has 3 nitrogen and oxygen atoms in total. The monoisotopic (exact) mass is 256 g/mol. The van der Waals surface area contributed by atoms with Crippen LogP contribution in [-0.2, 0) is 10.3 Å². The largest absolute Gasteiger partial charge is 0.365 e. The normalized spacial score (nSPS) is 32.0. The lowest BCUT2D eigenvalue weighted by molar-refractivity contribution is -0.0251. The van der Waals surface area contributed by atoms with Crippen LogP contribution in [0.25, 0.3) is 0 Å². The quantitative estimate of drug-likeness (QED) is 0.762. The van der Waals surface area contributed by atoms with Gasteiger partial charge in [0.2, 0.25) is 0 Å². The van der Waals surface area contributed by atoms with Gasteiger partial charge in [-0.3, -0.25) is 0 Å². The standard InChI is InChI=1S/C10H13BrN2O/c1-10(4-2-8(6-11)14-10)9-3-5-12-7-13-9/h3,5,7-8H,2,4,6H2,1H3. The molecule has 2 atom stereocenters. The van der Waals surface area contributed by atoms with E-state index in [4.69, 9.17) is 4.74 Å². The third-order valence-electron chi connectivity index (χ3n) is 2.67. The van der Waals surface area contributed by atoms with Crippen LogP contribution >= 0.6 is 15.9 Å². The number of alkyl halides is 1. The number of ether oxygens (including phenoxy) is 1. The predicted molar refractivity (Wildman–Crippen MR) is 57.3 cm³/mol. The van der Waals surface area contributed by atoms with Gasteiger partial charge in [-0.2, -0.15) is 0 Å². The van der Waals surface area contributed by atoms with Crippen LogP contribution in [0.1, 0.15) is 25.5 Å². The molecule has 0 amide bonds. The average Bonchev–Trinajstić information content (AvgIpc) is 2.63. The zero-order chi connectivity index (χ0) is 10.0. The van der Waals surface area contributed by atoms with E-state index in [1.165, 1.54) is 0 Å². The average molecular weight is 257 g/mol. The SMILES string of the molecule is CC1(c2ccncn2)CCC(CBr)O1. The molecule has 1 aliphatic rings. The lowest BCUT2D eigenvalue weighted by Gasteiger charge is -2.23. The van der Waals surface area contributed by atoms with Crippen LogP contribution in [0.4, 0.5) is 0 Å². The second-order valence-corrected chi connectivity index (χ2v) is 4.41. The fourth-order valence-corrected chi connectivity index (χ4v) is 2.28. The van der Waals surface area contributed by atoms with Gasteiger partial charge in [0, 0.05) is 11.5 Å². The molecule has 0 radical (unpaired) electrons. The molecular formula is C10H13BrN2O. The zero-order valence-corrected chi connectivity index (χ0v) is 9.70. The van der Waals surface area contributed by atoms with Gasteiger partial charge in [0.05, 0.1) is 11.8 Å². The van der Waals surface area contributed by atoms with Crippen molar-refractivity contribution in [2.75, 3.05) is 5.33 Å². The highest BCUT2D eigenvalue weighted by atomic mass is 79.9. The van der Waals surface area contributed by atoms with Gasteiger partial charge in [0.25, 0.3) is 0 Å². The van der Waals surface area contributed by atoms with Gasteiger partial charge < -0.3 is 4.74 Å². The van der Waals surface area contributed by atoms with Crippen molar-refractivity contribution in [2.45, 2.75) is 31.5 Å². The first-order valence-electron chi connectivity index (χ1n) is 4.75. The van der Waals surface area contributed by atoms with E-state index in [1.807, 2.05) is 6.07 Å². The van der Waals surface area contributed by atoms with Crippen LogP contribution in [0.3, 0.4) is 0 Å². The van der Waals surface area contributed by atoms with Crippen molar-refractivity contribution in [3.63, 3.8) is 0 Å². The van der Waals surface area contributed by atoms with Crippen molar-refractivity contribution in [3.05, 3.63) is 24.3 Å². The summed E-state index contributed by atoms with van der Waals surface area (Å²) in [7, 11) is 0. The number of hydrogen-bond acceptors (Lipinski definition) is 3. The van der Waals surface area contributed by atoms with Gasteiger partial charge in [-0.15, -0.1) is 0 Å². The molecule has 1 fully saturated rings. The summed E-state index contributed by atoms with van der Waals surface area (Å²) in [5, 5.41) is 0.897. The van der Waals surface area contributed by atoms with Crippen LogP contribution in [0.5, 0.6) is 0 Å². The Balaban J connectivity index is 2.19. The molecule has 1 aliphatic heterocycles. The van der Waals surface area contributed by atoms with Crippen LogP contribution in [0, 0.1) is 0 Å². The van der Waals surface area contributed by atoms with Gasteiger partial charge >= 0.3 is 0 Å². The van der Waals surface area contributed by atoms with Gasteiger partial charge in [-0.1, -0.05) is 15.9 Å². The van der Waals surface area contributed by atoms with E-state index in [1.54, 1.807) is 12.5 Å². The number of aromatic nitrogens is 2. The van der Waals surface area contributed by atoms with E-state index in [9.17, 15) is 0 Å². The van der Waals surface area contributed by atoms with Crippen LogP contribution < -0.4 is 0 Å². The Morgan fingerprint density at radius 3 is 3.14 bits per heavy atom. The maximum absolute atomic E-state index is 5.95. The minimum Gasteiger partial charge on any atom is -0.365 e. The molecular weight excluding hydrogens is 244 g/mol. The Kier molecular flexibility index (Phi) is 2.83. The molecule has 0 aromatic carbocycles. The first-order chi connectivity index (χ1) is 6.74. The smallest absolute Gasteiger partial charge is 0.115 e. The predicted octanol–water partition coefficient (Wildman–Crippen LogP) is 2.27. The molecule has 2 unspecified atom stereocenters. The third kappa shape index (κ3) is 1.81. The van der Waals surface area contributed by atoms with Gasteiger partial charge in [-0.25, -0.2) is 9.97 Å². The maximum Gasteiger partial charge on any atom is 0.115 e. The van der Waals surface area contributed by atoms with Gasteiger partial charge in [-0.05, 0) is 25.8 Å². The van der Waals surface area contributed by atoms with Crippen molar-refractivity contribution < 1.29 is 4.74 Å². The molecule has 14 heavy (non-hydrogen) atoms. The van der Waals surface area contributed by atoms with Crippen molar-refractivity contribution in [1.82, 2.24) is 9.97 Å². The molecule has 0 spiro atoms. The molecule has 4 heteroatoms. The third-order valence-corrected chi connectivity index (χ3v) is 3.39. The van der Waals surface area contributed by atoms with Crippen LogP contribution in [-0.4, -0.2) is 21.4 Å². The topological polar surface area (TPSA) is 35.0 Å². The van der Waals surface area contributed by atoms with E-state index in [2.05, 4.69) is 32.8 Å². The first-order valence-corrected chi connectivity index (χ1v) is 5.87. The maximum atomic E-state index is 5.95. The number of rotatable bonds is 2. The summed E-state index contributed by atoms with van der Waals surface area (Å²) in [4.78, 5) is 8.16. The Hall–Kier alpha value is -0.480. The Morgan fingerprint density at radius 1 is 1.71 bits per heavy atom. The molecule has 0 aliphatic carbocycles. The minimum atomic E-state index is -0.221. The van der Waals surface area contributed by atoms with E-state index in [0.29, 0.717) is 6.10 Å². The Bertz CT molecular complexity index is 306. The molecule has 1 aromatic heterocycles. The summed E-state index contributed by atoms with van der Waals surface area (Å²) in [5.41, 5.74) is 0.762. The summed E-state index contributed by atoms with van der Waals surface area (Å²) in [5.74, 6) is 0. The fraction of sp³-hybridized carbons (Fsp3) is 0.600. The fourth-order valence-electron chi connectivity index (χ4n) is 1.82. The van der Waals surface area contributed by atoms with E-state index < -0.39 is 0 Å². The summed E-state index contributed by atoms with van der Waals surface area (Å²) < 4.78 is 5.95. The number of nitrogens with zero attached hydrogens (tertiary/aromatic N) is 2. The summed E-state index contributed by atoms with van der Waals surface area (Å²) in [6.45, 7) is 2.10. The molecule has 1 aromatic rings. The summed E-state index contributed by atoms with van der Waals surface area (Å²) in [6.07, 6.45) is 5.77. The minimum absolute atomic E-state index is 0.221. The summed E-state index contributed by atoms with van der Waals surface area (Å²) in [6, 6.07) is 1.93. The van der Waals surface area contributed by atoms with Crippen molar-refractivity contribution in [3.8, 4) is 0 Å². The van der Waals surface area contributed by atoms with Crippen molar-refractivity contribution >= 4 is 15.9 Å². The second-order valence-electron chi connectivity index (χ2n) is 3.76. The van der Waals surface area contributed by atoms with Crippen molar-refractivity contribution in [2.24, 2.45) is 0 Å². The Labute approximate surface area is 92.0 Å². The molecule has 2 heterocycles. The van der Waals surface area contributed by atoms with Gasteiger partial charge in [0.1, 0.15) is 11.9 Å². The van der Waals surface area contributed by atoms with E-state index in [-0.39, 0.29) is 5.60 Å². The van der Waals surface area contributed by atoms with E-state index >= 15 is 0 Å². The molecule has 76 valence electrons. The van der Waals surface area contributed by atoms with Crippen LogP contribution in [0.15, 0.2) is 18.6 Å². The highest BCUT2D eigenvalue weighted by molar-refractivity contribution is 9.09. The van der Waals surface area contributed by atoms with Gasteiger partial charge in [0.15, 0.2) is 0 Å². The molecule has 1 saturated heterocycles. The number of halogens is 1. The molecule has 0 bridgehead atoms. The molecule has 0 N–H and O–H groups in total. The van der Waals surface area contributed by atoms with E-state index in [0.717, 1.165) is 23.9 Å². The molecule has 0 saturated carbocycles. The zero-order valence-electron chi connectivity index (χ0n) is 8.11. The lowest BCUT2D eigenvalue weighted by atomic mass is 9.98. The van der Waals surface area contributed by atoms with Crippen molar-refractivity contribution in [1.29, 1.82) is 0 Å². The number of hydrogen-bond donors (Lipinski definition) is 0. The Morgan fingerprint density at radius 2 is 2.57 bits per heavy atom. The second kappa shape index (κ2) is 3.95.